The monoisotopic (exact) mass is 233 g/mol. The average Bonchev–Trinajstić information content (AvgIpc) is 3.04. The van der Waals surface area contributed by atoms with Gasteiger partial charge in [0.05, 0.1) is 12.0 Å². The first kappa shape index (κ1) is 11.3. The first-order valence-corrected chi connectivity index (χ1v) is 7.07. The van der Waals surface area contributed by atoms with Crippen LogP contribution < -0.4 is 5.32 Å². The van der Waals surface area contributed by atoms with E-state index in [0.717, 1.165) is 18.5 Å². The molecular formula is C14H23N3. The Hall–Kier alpha value is -0.830. The summed E-state index contributed by atoms with van der Waals surface area (Å²) in [7, 11) is 0. The molecule has 2 unspecified atom stereocenters. The van der Waals surface area contributed by atoms with Gasteiger partial charge in [-0.25, -0.2) is 4.98 Å². The number of aromatic nitrogens is 2. The Morgan fingerprint density at radius 3 is 3.00 bits per heavy atom. The van der Waals surface area contributed by atoms with Gasteiger partial charge in [-0.05, 0) is 31.6 Å². The minimum Gasteiger partial charge on any atom is -0.330 e. The van der Waals surface area contributed by atoms with Gasteiger partial charge in [-0.3, -0.25) is 0 Å². The zero-order valence-electron chi connectivity index (χ0n) is 10.7. The van der Waals surface area contributed by atoms with E-state index in [9.17, 15) is 0 Å². The lowest BCUT2D eigenvalue weighted by Crippen LogP contribution is -2.22. The molecule has 17 heavy (non-hydrogen) atoms. The maximum atomic E-state index is 4.34. The Bertz CT molecular complexity index is 367. The Morgan fingerprint density at radius 2 is 2.24 bits per heavy atom. The summed E-state index contributed by atoms with van der Waals surface area (Å²) in [4.78, 5) is 4.34. The highest BCUT2D eigenvalue weighted by Gasteiger charge is 2.23. The molecule has 2 fully saturated rings. The fourth-order valence-electron chi connectivity index (χ4n) is 2.99. The van der Waals surface area contributed by atoms with Crippen LogP contribution in [0, 0.1) is 5.92 Å². The molecule has 0 aromatic carbocycles. The van der Waals surface area contributed by atoms with Crippen LogP contribution in [0.3, 0.4) is 0 Å². The first-order valence-electron chi connectivity index (χ1n) is 7.07. The minimum atomic E-state index is 0.692. The van der Waals surface area contributed by atoms with Gasteiger partial charge < -0.3 is 9.88 Å². The van der Waals surface area contributed by atoms with Gasteiger partial charge in [0, 0.05) is 24.8 Å². The van der Waals surface area contributed by atoms with E-state index >= 15 is 0 Å². The molecule has 2 aliphatic carbocycles. The molecular weight excluding hydrogens is 210 g/mol. The Balaban J connectivity index is 1.66. The second kappa shape index (κ2) is 4.81. The molecule has 2 atom stereocenters. The predicted molar refractivity (Wildman–Crippen MR) is 68.8 cm³/mol. The summed E-state index contributed by atoms with van der Waals surface area (Å²) in [6.45, 7) is 3.38. The maximum absolute atomic E-state index is 4.34. The molecule has 0 saturated heterocycles. The van der Waals surface area contributed by atoms with Crippen LogP contribution in [0.5, 0.6) is 0 Å². The number of rotatable bonds is 4. The normalized spacial score (nSPS) is 29.5. The summed E-state index contributed by atoms with van der Waals surface area (Å²) in [6, 6.07) is 1.47. The summed E-state index contributed by atoms with van der Waals surface area (Å²) in [5.41, 5.74) is 1.37. The Morgan fingerprint density at radius 1 is 1.35 bits per heavy atom. The molecule has 0 bridgehead atoms. The van der Waals surface area contributed by atoms with Crippen LogP contribution in [0.15, 0.2) is 12.5 Å². The van der Waals surface area contributed by atoms with Crippen LogP contribution in [0.25, 0.3) is 0 Å². The van der Waals surface area contributed by atoms with Crippen LogP contribution in [-0.4, -0.2) is 15.6 Å². The molecule has 0 spiro atoms. The largest absolute Gasteiger partial charge is 0.330 e. The summed E-state index contributed by atoms with van der Waals surface area (Å²) in [5.74, 6) is 0.875. The minimum absolute atomic E-state index is 0.692. The third kappa shape index (κ3) is 2.71. The molecule has 2 aliphatic rings. The highest BCUT2D eigenvalue weighted by molar-refractivity contribution is 5.02. The van der Waals surface area contributed by atoms with E-state index in [1.165, 1.54) is 44.2 Å². The van der Waals surface area contributed by atoms with Crippen molar-refractivity contribution in [3.8, 4) is 0 Å². The van der Waals surface area contributed by atoms with E-state index in [-0.39, 0.29) is 0 Å². The summed E-state index contributed by atoms with van der Waals surface area (Å²) in [5, 5.41) is 3.59. The molecule has 1 aromatic rings. The van der Waals surface area contributed by atoms with E-state index in [4.69, 9.17) is 0 Å². The summed E-state index contributed by atoms with van der Waals surface area (Å²) >= 11 is 0. The lowest BCUT2D eigenvalue weighted by Gasteiger charge is -2.29. The summed E-state index contributed by atoms with van der Waals surface area (Å²) < 4.78 is 2.42. The zero-order chi connectivity index (χ0) is 11.7. The van der Waals surface area contributed by atoms with Crippen molar-refractivity contribution in [3.63, 3.8) is 0 Å². The van der Waals surface area contributed by atoms with E-state index in [2.05, 4.69) is 21.8 Å². The molecule has 1 N–H and O–H groups in total. The SMILES string of the molecule is CC1CCCC(n2cncc2CNC2CC2)C1. The molecule has 0 amide bonds. The molecule has 3 nitrogen and oxygen atoms in total. The number of hydrogen-bond acceptors (Lipinski definition) is 2. The number of nitrogens with one attached hydrogen (secondary N) is 1. The van der Waals surface area contributed by atoms with E-state index in [1.807, 2.05) is 12.5 Å². The second-order valence-corrected chi connectivity index (χ2v) is 5.87. The lowest BCUT2D eigenvalue weighted by atomic mass is 9.87. The van der Waals surface area contributed by atoms with Gasteiger partial charge in [0.25, 0.3) is 0 Å². The van der Waals surface area contributed by atoms with E-state index in [1.54, 1.807) is 0 Å². The number of nitrogens with zero attached hydrogens (tertiary/aromatic N) is 2. The topological polar surface area (TPSA) is 29.9 Å². The van der Waals surface area contributed by atoms with E-state index in [0.29, 0.717) is 6.04 Å². The van der Waals surface area contributed by atoms with Crippen molar-refractivity contribution in [1.82, 2.24) is 14.9 Å². The van der Waals surface area contributed by atoms with Gasteiger partial charge in [0.2, 0.25) is 0 Å². The molecule has 1 heterocycles. The third-order valence-corrected chi connectivity index (χ3v) is 4.20. The average molecular weight is 233 g/mol. The molecule has 2 saturated carbocycles. The fraction of sp³-hybridized carbons (Fsp3) is 0.786. The smallest absolute Gasteiger partial charge is 0.0951 e. The van der Waals surface area contributed by atoms with Crippen LogP contribution in [0.1, 0.15) is 57.2 Å². The fourth-order valence-corrected chi connectivity index (χ4v) is 2.99. The quantitative estimate of drug-likeness (QED) is 0.866. The number of hydrogen-bond donors (Lipinski definition) is 1. The van der Waals surface area contributed by atoms with Crippen molar-refractivity contribution < 1.29 is 0 Å². The van der Waals surface area contributed by atoms with Gasteiger partial charge in [-0.2, -0.15) is 0 Å². The van der Waals surface area contributed by atoms with Crippen LogP contribution in [0.2, 0.25) is 0 Å². The van der Waals surface area contributed by atoms with Crippen molar-refractivity contribution in [2.45, 2.75) is 64.1 Å². The third-order valence-electron chi connectivity index (χ3n) is 4.20. The van der Waals surface area contributed by atoms with E-state index < -0.39 is 0 Å². The zero-order valence-corrected chi connectivity index (χ0v) is 10.7. The van der Waals surface area contributed by atoms with Crippen LogP contribution >= 0.6 is 0 Å². The summed E-state index contributed by atoms with van der Waals surface area (Å²) in [6.07, 6.45) is 12.2. The van der Waals surface area contributed by atoms with Crippen molar-refractivity contribution in [2.24, 2.45) is 5.92 Å². The van der Waals surface area contributed by atoms with Gasteiger partial charge in [0.15, 0.2) is 0 Å². The molecule has 94 valence electrons. The maximum Gasteiger partial charge on any atom is 0.0951 e. The first-order chi connectivity index (χ1) is 8.33. The highest BCUT2D eigenvalue weighted by atomic mass is 15.1. The van der Waals surface area contributed by atoms with Crippen LogP contribution in [0.4, 0.5) is 0 Å². The van der Waals surface area contributed by atoms with Gasteiger partial charge in [0.1, 0.15) is 0 Å². The van der Waals surface area contributed by atoms with Crippen molar-refractivity contribution in [1.29, 1.82) is 0 Å². The molecule has 0 aliphatic heterocycles. The standard InChI is InChI=1S/C14H23N3/c1-11-3-2-4-13(7-11)17-10-15-8-14(17)9-16-12-5-6-12/h8,10-13,16H,2-7,9H2,1H3. The predicted octanol–water partition coefficient (Wildman–Crippen LogP) is 2.89. The second-order valence-electron chi connectivity index (χ2n) is 5.87. The van der Waals surface area contributed by atoms with Gasteiger partial charge in [-0.15, -0.1) is 0 Å². The molecule has 1 aromatic heterocycles. The van der Waals surface area contributed by atoms with Gasteiger partial charge >= 0.3 is 0 Å². The van der Waals surface area contributed by atoms with Crippen LogP contribution in [-0.2, 0) is 6.54 Å². The Labute approximate surface area is 104 Å². The lowest BCUT2D eigenvalue weighted by molar-refractivity contribution is 0.277. The molecule has 3 heteroatoms. The van der Waals surface area contributed by atoms with Crippen molar-refractivity contribution >= 4 is 0 Å². The Kier molecular flexibility index (Phi) is 3.19. The van der Waals surface area contributed by atoms with Crippen molar-refractivity contribution in [3.05, 3.63) is 18.2 Å². The van der Waals surface area contributed by atoms with Gasteiger partial charge in [-0.1, -0.05) is 19.8 Å². The molecule has 3 rings (SSSR count). The van der Waals surface area contributed by atoms with Crippen molar-refractivity contribution in [2.75, 3.05) is 0 Å². The highest BCUT2D eigenvalue weighted by Crippen LogP contribution is 2.33. The molecule has 0 radical (unpaired) electrons. The number of imidazole rings is 1.